The second-order valence-electron chi connectivity index (χ2n) is 7.02. The Labute approximate surface area is 118 Å². The maximum Gasteiger partial charge on any atom is 0.0247 e. The Hall–Kier alpha value is -0.860. The van der Waals surface area contributed by atoms with Gasteiger partial charge in [-0.1, -0.05) is 51.5 Å². The van der Waals surface area contributed by atoms with Crippen molar-refractivity contribution >= 4 is 0 Å². The molecule has 2 rings (SSSR count). The van der Waals surface area contributed by atoms with Crippen LogP contribution in [0.25, 0.3) is 0 Å². The summed E-state index contributed by atoms with van der Waals surface area (Å²) in [5.74, 6) is 0. The summed E-state index contributed by atoms with van der Waals surface area (Å²) < 4.78 is 0. The van der Waals surface area contributed by atoms with Crippen molar-refractivity contribution in [3.63, 3.8) is 0 Å². The van der Waals surface area contributed by atoms with Gasteiger partial charge in [-0.15, -0.1) is 0 Å². The first-order valence-electron chi connectivity index (χ1n) is 7.43. The molecule has 2 nitrogen and oxygen atoms in total. The van der Waals surface area contributed by atoms with E-state index in [9.17, 15) is 0 Å². The molecule has 0 saturated heterocycles. The first-order valence-corrected chi connectivity index (χ1v) is 7.43. The van der Waals surface area contributed by atoms with E-state index in [2.05, 4.69) is 57.0 Å². The van der Waals surface area contributed by atoms with E-state index in [1.165, 1.54) is 30.4 Å². The summed E-state index contributed by atoms with van der Waals surface area (Å²) in [6, 6.07) is 9.96. The molecule has 1 fully saturated rings. The van der Waals surface area contributed by atoms with Crippen molar-refractivity contribution in [2.75, 3.05) is 7.05 Å². The van der Waals surface area contributed by atoms with E-state index in [4.69, 9.17) is 5.73 Å². The molecule has 0 heterocycles. The second-order valence-corrected chi connectivity index (χ2v) is 7.02. The molecule has 1 aliphatic carbocycles. The molecule has 1 saturated carbocycles. The SMILES string of the molecule is CN(Cc1ccc(C(C)(C)C)cc1)C1CCCC1N. The van der Waals surface area contributed by atoms with Crippen LogP contribution in [0.4, 0.5) is 0 Å². The number of nitrogens with two attached hydrogens (primary N) is 1. The molecular formula is C17H28N2. The number of rotatable bonds is 3. The van der Waals surface area contributed by atoms with E-state index in [0.717, 1.165) is 6.54 Å². The Morgan fingerprint density at radius 2 is 1.79 bits per heavy atom. The summed E-state index contributed by atoms with van der Waals surface area (Å²) in [5, 5.41) is 0. The Balaban J connectivity index is 1.99. The molecule has 2 N–H and O–H groups in total. The minimum atomic E-state index is 0.234. The molecule has 2 unspecified atom stereocenters. The highest BCUT2D eigenvalue weighted by Gasteiger charge is 2.27. The standard InChI is InChI=1S/C17H28N2/c1-17(2,3)14-10-8-13(9-11-14)12-19(4)16-7-5-6-15(16)18/h8-11,15-16H,5-7,12,18H2,1-4H3. The summed E-state index contributed by atoms with van der Waals surface area (Å²) in [7, 11) is 2.20. The molecule has 0 spiro atoms. The van der Waals surface area contributed by atoms with E-state index >= 15 is 0 Å². The van der Waals surface area contributed by atoms with Gasteiger partial charge >= 0.3 is 0 Å². The van der Waals surface area contributed by atoms with Gasteiger partial charge in [-0.2, -0.15) is 0 Å². The molecule has 0 aliphatic heterocycles. The Bertz CT molecular complexity index is 402. The van der Waals surface area contributed by atoms with Crippen LogP contribution in [-0.2, 0) is 12.0 Å². The number of hydrogen-bond donors (Lipinski definition) is 1. The van der Waals surface area contributed by atoms with Crippen molar-refractivity contribution in [2.45, 2.75) is 64.1 Å². The van der Waals surface area contributed by atoms with Gasteiger partial charge in [0.1, 0.15) is 0 Å². The van der Waals surface area contributed by atoms with E-state index in [1.54, 1.807) is 0 Å². The smallest absolute Gasteiger partial charge is 0.0247 e. The van der Waals surface area contributed by atoms with Crippen LogP contribution in [0, 0.1) is 0 Å². The zero-order valence-electron chi connectivity index (χ0n) is 12.8. The molecule has 0 radical (unpaired) electrons. The normalized spacial score (nSPS) is 24.1. The topological polar surface area (TPSA) is 29.3 Å². The van der Waals surface area contributed by atoms with Gasteiger partial charge < -0.3 is 5.73 Å². The third kappa shape index (κ3) is 3.58. The van der Waals surface area contributed by atoms with E-state index in [0.29, 0.717) is 12.1 Å². The summed E-state index contributed by atoms with van der Waals surface area (Å²) in [6.45, 7) is 7.77. The first-order chi connectivity index (χ1) is 8.88. The Kier molecular flexibility index (Phi) is 4.32. The molecular weight excluding hydrogens is 232 g/mol. The highest BCUT2D eigenvalue weighted by Crippen LogP contribution is 2.25. The van der Waals surface area contributed by atoms with Crippen molar-refractivity contribution in [3.05, 3.63) is 35.4 Å². The number of likely N-dealkylation sites (N-methyl/N-ethyl adjacent to an activating group) is 1. The monoisotopic (exact) mass is 260 g/mol. The van der Waals surface area contributed by atoms with Crippen LogP contribution in [0.5, 0.6) is 0 Å². The highest BCUT2D eigenvalue weighted by atomic mass is 15.1. The lowest BCUT2D eigenvalue weighted by atomic mass is 9.87. The summed E-state index contributed by atoms with van der Waals surface area (Å²) in [5.41, 5.74) is 9.19. The molecule has 0 aromatic heterocycles. The van der Waals surface area contributed by atoms with Crippen molar-refractivity contribution in [1.82, 2.24) is 4.90 Å². The predicted molar refractivity (Wildman–Crippen MR) is 82.2 cm³/mol. The van der Waals surface area contributed by atoms with Crippen LogP contribution in [0.3, 0.4) is 0 Å². The summed E-state index contributed by atoms with van der Waals surface area (Å²) in [4.78, 5) is 2.42. The molecule has 106 valence electrons. The highest BCUT2D eigenvalue weighted by molar-refractivity contribution is 5.27. The van der Waals surface area contributed by atoms with Crippen molar-refractivity contribution in [3.8, 4) is 0 Å². The molecule has 1 aromatic rings. The maximum absolute atomic E-state index is 6.17. The third-order valence-corrected chi connectivity index (χ3v) is 4.35. The predicted octanol–water partition coefficient (Wildman–Crippen LogP) is 3.30. The van der Waals surface area contributed by atoms with Crippen molar-refractivity contribution in [2.24, 2.45) is 5.73 Å². The molecule has 1 aliphatic rings. The quantitative estimate of drug-likeness (QED) is 0.903. The van der Waals surface area contributed by atoms with E-state index in [1.807, 2.05) is 0 Å². The molecule has 2 atom stereocenters. The number of benzene rings is 1. The maximum atomic E-state index is 6.17. The van der Waals surface area contributed by atoms with Crippen LogP contribution in [0.1, 0.15) is 51.2 Å². The van der Waals surface area contributed by atoms with Crippen LogP contribution >= 0.6 is 0 Å². The Morgan fingerprint density at radius 3 is 2.26 bits per heavy atom. The fourth-order valence-electron chi connectivity index (χ4n) is 3.03. The molecule has 0 amide bonds. The number of hydrogen-bond acceptors (Lipinski definition) is 2. The second kappa shape index (κ2) is 5.64. The zero-order valence-corrected chi connectivity index (χ0v) is 12.8. The van der Waals surface area contributed by atoms with Crippen LogP contribution < -0.4 is 5.73 Å². The first kappa shape index (κ1) is 14.5. The summed E-state index contributed by atoms with van der Waals surface area (Å²) in [6.07, 6.45) is 3.70. The van der Waals surface area contributed by atoms with E-state index < -0.39 is 0 Å². The van der Waals surface area contributed by atoms with Gasteiger partial charge in [0, 0.05) is 18.6 Å². The Morgan fingerprint density at radius 1 is 1.16 bits per heavy atom. The largest absolute Gasteiger partial charge is 0.326 e. The van der Waals surface area contributed by atoms with Crippen LogP contribution in [0.15, 0.2) is 24.3 Å². The van der Waals surface area contributed by atoms with Crippen LogP contribution in [0.2, 0.25) is 0 Å². The van der Waals surface area contributed by atoms with Gasteiger partial charge in [-0.25, -0.2) is 0 Å². The van der Waals surface area contributed by atoms with Gasteiger partial charge in [-0.3, -0.25) is 4.90 Å². The third-order valence-electron chi connectivity index (χ3n) is 4.35. The lowest BCUT2D eigenvalue weighted by Gasteiger charge is -2.28. The molecule has 1 aromatic carbocycles. The minimum absolute atomic E-state index is 0.234. The van der Waals surface area contributed by atoms with Gasteiger partial charge in [0.2, 0.25) is 0 Å². The fourth-order valence-corrected chi connectivity index (χ4v) is 3.03. The van der Waals surface area contributed by atoms with Crippen molar-refractivity contribution in [1.29, 1.82) is 0 Å². The summed E-state index contributed by atoms with van der Waals surface area (Å²) >= 11 is 0. The fraction of sp³-hybridized carbons (Fsp3) is 0.647. The minimum Gasteiger partial charge on any atom is -0.326 e. The van der Waals surface area contributed by atoms with Crippen molar-refractivity contribution < 1.29 is 0 Å². The van der Waals surface area contributed by atoms with Gasteiger partial charge in [0.05, 0.1) is 0 Å². The van der Waals surface area contributed by atoms with E-state index in [-0.39, 0.29) is 5.41 Å². The van der Waals surface area contributed by atoms with Gasteiger partial charge in [-0.05, 0) is 36.4 Å². The zero-order chi connectivity index (χ0) is 14.0. The molecule has 0 bridgehead atoms. The number of nitrogens with zero attached hydrogens (tertiary/aromatic N) is 1. The lowest BCUT2D eigenvalue weighted by molar-refractivity contribution is 0.220. The molecule has 19 heavy (non-hydrogen) atoms. The lowest BCUT2D eigenvalue weighted by Crippen LogP contribution is -2.41. The van der Waals surface area contributed by atoms with Crippen LogP contribution in [-0.4, -0.2) is 24.0 Å². The van der Waals surface area contributed by atoms with Gasteiger partial charge in [0.25, 0.3) is 0 Å². The molecule has 2 heteroatoms. The average Bonchev–Trinajstić information content (AvgIpc) is 2.75. The van der Waals surface area contributed by atoms with Gasteiger partial charge in [0.15, 0.2) is 0 Å². The average molecular weight is 260 g/mol.